The molecular formula is C17H17N3O5S. The van der Waals surface area contributed by atoms with Gasteiger partial charge in [0, 0.05) is 10.9 Å². The maximum atomic E-state index is 12.2. The Kier molecular flexibility index (Phi) is 4.90. The van der Waals surface area contributed by atoms with E-state index < -0.39 is 16.7 Å². The highest BCUT2D eigenvalue weighted by Crippen LogP contribution is 2.38. The summed E-state index contributed by atoms with van der Waals surface area (Å²) in [5.41, 5.74) is 7.03. The van der Waals surface area contributed by atoms with Gasteiger partial charge in [0.2, 0.25) is 0 Å². The van der Waals surface area contributed by atoms with Crippen LogP contribution in [0, 0.1) is 17.0 Å². The highest BCUT2D eigenvalue weighted by Gasteiger charge is 2.26. The number of carbonyl (C=O) groups is 2. The van der Waals surface area contributed by atoms with E-state index in [1.165, 1.54) is 23.5 Å². The molecule has 2 amide bonds. The molecule has 0 saturated heterocycles. The molecule has 3 N–H and O–H groups in total. The molecule has 3 rings (SSSR count). The molecular weight excluding hydrogens is 358 g/mol. The van der Waals surface area contributed by atoms with E-state index >= 15 is 0 Å². The molecule has 1 heterocycles. The van der Waals surface area contributed by atoms with Crippen molar-refractivity contribution in [2.24, 2.45) is 5.73 Å². The molecule has 136 valence electrons. The predicted octanol–water partition coefficient (Wildman–Crippen LogP) is 2.57. The number of thiophene rings is 1. The van der Waals surface area contributed by atoms with Crippen LogP contribution in [0.2, 0.25) is 0 Å². The molecule has 0 saturated carbocycles. The normalized spacial score (nSPS) is 12.5. The van der Waals surface area contributed by atoms with Gasteiger partial charge in [0.15, 0.2) is 6.61 Å². The minimum absolute atomic E-state index is 0.0754. The number of primary amides is 1. The second-order valence-electron chi connectivity index (χ2n) is 5.92. The number of nitrogens with one attached hydrogen (secondary N) is 1. The summed E-state index contributed by atoms with van der Waals surface area (Å²) in [6.45, 7) is 1.23. The van der Waals surface area contributed by atoms with Crippen molar-refractivity contribution in [2.45, 2.75) is 26.2 Å². The van der Waals surface area contributed by atoms with Crippen LogP contribution in [0.4, 0.5) is 10.7 Å². The Morgan fingerprint density at radius 2 is 2.15 bits per heavy atom. The number of ether oxygens (including phenoxy) is 1. The Labute approximate surface area is 153 Å². The number of anilines is 1. The number of hydrogen-bond acceptors (Lipinski definition) is 6. The molecule has 1 aliphatic rings. The predicted molar refractivity (Wildman–Crippen MR) is 96.8 cm³/mol. The zero-order chi connectivity index (χ0) is 18.8. The summed E-state index contributed by atoms with van der Waals surface area (Å²) in [4.78, 5) is 35.5. The van der Waals surface area contributed by atoms with Gasteiger partial charge < -0.3 is 15.8 Å². The van der Waals surface area contributed by atoms with Gasteiger partial charge in [0.25, 0.3) is 17.5 Å². The molecule has 2 aromatic rings. The molecule has 8 nitrogen and oxygen atoms in total. The molecule has 1 aromatic heterocycles. The molecule has 0 aliphatic heterocycles. The minimum atomic E-state index is -0.560. The maximum absolute atomic E-state index is 12.2. The number of nitro groups is 1. The van der Waals surface area contributed by atoms with Crippen LogP contribution < -0.4 is 15.8 Å². The van der Waals surface area contributed by atoms with Crippen LogP contribution in [0.25, 0.3) is 0 Å². The Balaban J connectivity index is 1.70. The van der Waals surface area contributed by atoms with E-state index in [2.05, 4.69) is 5.32 Å². The number of benzene rings is 1. The summed E-state index contributed by atoms with van der Waals surface area (Å²) >= 11 is 1.36. The van der Waals surface area contributed by atoms with Gasteiger partial charge in [-0.1, -0.05) is 6.07 Å². The van der Waals surface area contributed by atoms with Gasteiger partial charge in [-0.05, 0) is 37.8 Å². The summed E-state index contributed by atoms with van der Waals surface area (Å²) in [7, 11) is 0. The summed E-state index contributed by atoms with van der Waals surface area (Å²) in [5.74, 6) is -0.758. The van der Waals surface area contributed by atoms with Gasteiger partial charge in [-0.15, -0.1) is 11.3 Å². The lowest BCUT2D eigenvalue weighted by molar-refractivity contribution is -0.385. The summed E-state index contributed by atoms with van der Waals surface area (Å²) in [5, 5.41) is 14.1. The zero-order valence-electron chi connectivity index (χ0n) is 14.0. The van der Waals surface area contributed by atoms with E-state index in [0.717, 1.165) is 29.7 Å². The van der Waals surface area contributed by atoms with Crippen LogP contribution in [0.5, 0.6) is 5.75 Å². The molecule has 1 aromatic carbocycles. The van der Waals surface area contributed by atoms with E-state index in [-0.39, 0.29) is 18.0 Å². The molecule has 1 aliphatic carbocycles. The first-order chi connectivity index (χ1) is 12.4. The van der Waals surface area contributed by atoms with Gasteiger partial charge in [-0.25, -0.2) is 0 Å². The standard InChI is InChI=1S/C17H17N3O5S/c1-9-11(20(23)24)5-3-6-12(9)25-8-14(21)19-17-15(16(18)22)10-4-2-7-13(10)26-17/h3,5-6H,2,4,7-8H2,1H3,(H2,18,22)(H,19,21). The van der Waals surface area contributed by atoms with Crippen LogP contribution in [0.3, 0.4) is 0 Å². The van der Waals surface area contributed by atoms with Crippen LogP contribution in [0.15, 0.2) is 18.2 Å². The maximum Gasteiger partial charge on any atom is 0.276 e. The molecule has 9 heteroatoms. The Hall–Kier alpha value is -2.94. The fourth-order valence-electron chi connectivity index (χ4n) is 3.02. The first-order valence-corrected chi connectivity index (χ1v) is 8.81. The van der Waals surface area contributed by atoms with Crippen molar-refractivity contribution in [1.82, 2.24) is 0 Å². The number of nitrogens with two attached hydrogens (primary N) is 1. The number of nitrogens with zero attached hydrogens (tertiary/aromatic N) is 1. The van der Waals surface area contributed by atoms with E-state index in [1.54, 1.807) is 13.0 Å². The van der Waals surface area contributed by atoms with Crippen molar-refractivity contribution in [3.63, 3.8) is 0 Å². The van der Waals surface area contributed by atoms with Gasteiger partial charge in [0.05, 0.1) is 16.1 Å². The van der Waals surface area contributed by atoms with Gasteiger partial charge in [0.1, 0.15) is 10.8 Å². The van der Waals surface area contributed by atoms with Crippen molar-refractivity contribution in [2.75, 3.05) is 11.9 Å². The highest BCUT2D eigenvalue weighted by atomic mass is 32.1. The molecule has 0 atom stereocenters. The van der Waals surface area contributed by atoms with Crippen molar-refractivity contribution in [3.8, 4) is 5.75 Å². The second kappa shape index (κ2) is 7.12. The number of rotatable bonds is 6. The molecule has 26 heavy (non-hydrogen) atoms. The molecule has 0 fully saturated rings. The topological polar surface area (TPSA) is 125 Å². The molecule has 0 unspecified atom stereocenters. The molecule has 0 spiro atoms. The lowest BCUT2D eigenvalue weighted by Gasteiger charge is -2.10. The number of aryl methyl sites for hydroxylation is 1. The Bertz CT molecular complexity index is 906. The third-order valence-electron chi connectivity index (χ3n) is 4.23. The second-order valence-corrected chi connectivity index (χ2v) is 7.03. The summed E-state index contributed by atoms with van der Waals surface area (Å²) in [6.07, 6.45) is 2.63. The Morgan fingerprint density at radius 3 is 2.85 bits per heavy atom. The third kappa shape index (κ3) is 3.38. The molecule has 0 radical (unpaired) electrons. The van der Waals surface area contributed by atoms with Gasteiger partial charge in [-0.2, -0.15) is 0 Å². The first-order valence-electron chi connectivity index (χ1n) is 7.99. The average Bonchev–Trinajstić information content (AvgIpc) is 3.13. The van der Waals surface area contributed by atoms with E-state index in [9.17, 15) is 19.7 Å². The van der Waals surface area contributed by atoms with Crippen molar-refractivity contribution in [3.05, 3.63) is 49.9 Å². The Morgan fingerprint density at radius 1 is 1.38 bits per heavy atom. The number of carbonyl (C=O) groups excluding carboxylic acids is 2. The summed E-state index contributed by atoms with van der Waals surface area (Å²) in [6, 6.07) is 4.42. The quantitative estimate of drug-likeness (QED) is 0.593. The van der Waals surface area contributed by atoms with E-state index in [0.29, 0.717) is 16.1 Å². The SMILES string of the molecule is Cc1c(OCC(=O)Nc2sc3c(c2C(N)=O)CCC3)cccc1[N+](=O)[O-]. The lowest BCUT2D eigenvalue weighted by atomic mass is 10.1. The largest absolute Gasteiger partial charge is 0.483 e. The lowest BCUT2D eigenvalue weighted by Crippen LogP contribution is -2.22. The molecule has 0 bridgehead atoms. The third-order valence-corrected chi connectivity index (χ3v) is 5.44. The number of fused-ring (bicyclic) bond motifs is 1. The smallest absolute Gasteiger partial charge is 0.276 e. The van der Waals surface area contributed by atoms with Gasteiger partial charge >= 0.3 is 0 Å². The van der Waals surface area contributed by atoms with Crippen LogP contribution in [-0.4, -0.2) is 23.3 Å². The van der Waals surface area contributed by atoms with Gasteiger partial charge in [-0.3, -0.25) is 19.7 Å². The number of hydrogen-bond donors (Lipinski definition) is 2. The highest BCUT2D eigenvalue weighted by molar-refractivity contribution is 7.17. The minimum Gasteiger partial charge on any atom is -0.483 e. The van der Waals surface area contributed by atoms with E-state index in [1.807, 2.05) is 0 Å². The van der Waals surface area contributed by atoms with E-state index in [4.69, 9.17) is 10.5 Å². The fraction of sp³-hybridized carbons (Fsp3) is 0.294. The average molecular weight is 375 g/mol. The number of nitro benzene ring substituents is 1. The van der Waals surface area contributed by atoms with Crippen LogP contribution >= 0.6 is 11.3 Å². The summed E-state index contributed by atoms with van der Waals surface area (Å²) < 4.78 is 5.41. The first kappa shape index (κ1) is 17.9. The fourth-order valence-corrected chi connectivity index (χ4v) is 4.33. The van der Waals surface area contributed by atoms with Crippen LogP contribution in [0.1, 0.15) is 32.8 Å². The monoisotopic (exact) mass is 375 g/mol. The zero-order valence-corrected chi connectivity index (χ0v) is 14.9. The van der Waals surface area contributed by atoms with Crippen molar-refractivity contribution >= 4 is 33.8 Å². The van der Waals surface area contributed by atoms with Crippen molar-refractivity contribution < 1.29 is 19.2 Å². The van der Waals surface area contributed by atoms with Crippen molar-refractivity contribution in [1.29, 1.82) is 0 Å². The number of amides is 2. The van der Waals surface area contributed by atoms with Crippen LogP contribution in [-0.2, 0) is 17.6 Å².